The number of aromatic nitrogens is 1. The molecule has 1 aromatic rings. The van der Waals surface area contributed by atoms with E-state index in [1.807, 2.05) is 0 Å². The zero-order valence-corrected chi connectivity index (χ0v) is 8.45. The van der Waals surface area contributed by atoms with Gasteiger partial charge in [0.2, 0.25) is 0 Å². The molecule has 0 fully saturated rings. The Hall–Kier alpha value is -1.59. The molecule has 0 spiro atoms. The van der Waals surface area contributed by atoms with Crippen molar-refractivity contribution < 1.29 is 23.1 Å². The predicted octanol–water partition coefficient (Wildman–Crippen LogP) is 2.36. The normalized spacial score (nSPS) is 13.5. The van der Waals surface area contributed by atoms with E-state index in [-0.39, 0.29) is 6.42 Å². The maximum Gasteiger partial charge on any atom is 0.433 e. The van der Waals surface area contributed by atoms with Gasteiger partial charge in [-0.25, -0.2) is 0 Å². The first-order valence-electron chi connectivity index (χ1n) is 4.55. The van der Waals surface area contributed by atoms with Crippen LogP contribution in [-0.4, -0.2) is 16.1 Å². The smallest absolute Gasteiger partial charge is 0.433 e. The second kappa shape index (κ2) is 4.51. The lowest BCUT2D eigenvalue weighted by Crippen LogP contribution is -2.14. The molecule has 0 aromatic carbocycles. The SMILES string of the molecule is CC(Cc1ccnc(C(F)(F)F)c1)C(=O)O. The lowest BCUT2D eigenvalue weighted by molar-refractivity contribution is -0.141. The summed E-state index contributed by atoms with van der Waals surface area (Å²) in [4.78, 5) is 13.7. The Labute approximate surface area is 89.9 Å². The molecule has 3 nitrogen and oxygen atoms in total. The number of nitrogens with zero attached hydrogens (tertiary/aromatic N) is 1. The molecule has 16 heavy (non-hydrogen) atoms. The third kappa shape index (κ3) is 3.22. The highest BCUT2D eigenvalue weighted by atomic mass is 19.4. The van der Waals surface area contributed by atoms with Crippen molar-refractivity contribution in [1.29, 1.82) is 0 Å². The van der Waals surface area contributed by atoms with Crippen LogP contribution in [0.3, 0.4) is 0 Å². The highest BCUT2D eigenvalue weighted by Crippen LogP contribution is 2.28. The van der Waals surface area contributed by atoms with Crippen LogP contribution in [0.1, 0.15) is 18.2 Å². The van der Waals surface area contributed by atoms with Crippen molar-refractivity contribution >= 4 is 5.97 Å². The molecule has 1 aromatic heterocycles. The average Bonchev–Trinajstić information content (AvgIpc) is 2.16. The number of alkyl halides is 3. The molecule has 1 rings (SSSR count). The first-order valence-corrected chi connectivity index (χ1v) is 4.55. The molecule has 1 atom stereocenters. The van der Waals surface area contributed by atoms with Gasteiger partial charge in [-0.2, -0.15) is 13.2 Å². The minimum absolute atomic E-state index is 0.0565. The van der Waals surface area contributed by atoms with E-state index in [0.29, 0.717) is 5.56 Å². The topological polar surface area (TPSA) is 50.2 Å². The fourth-order valence-corrected chi connectivity index (χ4v) is 1.20. The van der Waals surface area contributed by atoms with Crippen LogP contribution in [0.15, 0.2) is 18.3 Å². The summed E-state index contributed by atoms with van der Waals surface area (Å²) in [5.41, 5.74) is -0.681. The number of carboxylic acids is 1. The number of carboxylic acid groups (broad SMARTS) is 1. The highest BCUT2D eigenvalue weighted by Gasteiger charge is 2.32. The minimum Gasteiger partial charge on any atom is -0.481 e. The van der Waals surface area contributed by atoms with Crippen molar-refractivity contribution in [2.24, 2.45) is 5.92 Å². The van der Waals surface area contributed by atoms with Crippen LogP contribution in [0.4, 0.5) is 13.2 Å². The average molecular weight is 233 g/mol. The summed E-state index contributed by atoms with van der Waals surface area (Å²) in [6.45, 7) is 1.44. The number of carbonyl (C=O) groups is 1. The lowest BCUT2D eigenvalue weighted by Gasteiger charge is -2.09. The molecule has 0 saturated carbocycles. The molecule has 0 aliphatic carbocycles. The van der Waals surface area contributed by atoms with Crippen molar-refractivity contribution in [3.63, 3.8) is 0 Å². The minimum atomic E-state index is -4.50. The Bertz CT molecular complexity index is 390. The van der Waals surface area contributed by atoms with E-state index in [4.69, 9.17) is 5.11 Å². The summed E-state index contributed by atoms with van der Waals surface area (Å²) in [7, 11) is 0. The Morgan fingerprint density at radius 1 is 1.56 bits per heavy atom. The van der Waals surface area contributed by atoms with Crippen molar-refractivity contribution in [3.8, 4) is 0 Å². The molecule has 0 aliphatic heterocycles. The maximum absolute atomic E-state index is 12.3. The third-order valence-corrected chi connectivity index (χ3v) is 2.08. The Morgan fingerprint density at radius 2 is 2.19 bits per heavy atom. The zero-order valence-electron chi connectivity index (χ0n) is 8.45. The number of halogens is 3. The maximum atomic E-state index is 12.3. The molecule has 0 amide bonds. The van der Waals surface area contributed by atoms with Gasteiger partial charge in [0.05, 0.1) is 5.92 Å². The van der Waals surface area contributed by atoms with Gasteiger partial charge < -0.3 is 5.11 Å². The Morgan fingerprint density at radius 3 is 2.69 bits per heavy atom. The van der Waals surface area contributed by atoms with E-state index >= 15 is 0 Å². The van der Waals surface area contributed by atoms with Gasteiger partial charge in [0, 0.05) is 6.20 Å². The van der Waals surface area contributed by atoms with E-state index in [1.165, 1.54) is 13.0 Å². The van der Waals surface area contributed by atoms with Gasteiger partial charge in [-0.1, -0.05) is 6.92 Å². The predicted molar refractivity (Wildman–Crippen MR) is 49.7 cm³/mol. The fourth-order valence-electron chi connectivity index (χ4n) is 1.20. The van der Waals surface area contributed by atoms with Crippen molar-refractivity contribution in [3.05, 3.63) is 29.6 Å². The second-order valence-electron chi connectivity index (χ2n) is 3.49. The van der Waals surface area contributed by atoms with E-state index in [0.717, 1.165) is 12.3 Å². The summed E-state index contributed by atoms with van der Waals surface area (Å²) < 4.78 is 36.9. The summed E-state index contributed by atoms with van der Waals surface area (Å²) in [5, 5.41) is 8.63. The number of hydrogen-bond donors (Lipinski definition) is 1. The van der Waals surface area contributed by atoms with Crippen molar-refractivity contribution in [2.75, 3.05) is 0 Å². The van der Waals surface area contributed by atoms with Crippen molar-refractivity contribution in [1.82, 2.24) is 4.98 Å². The van der Waals surface area contributed by atoms with Gasteiger partial charge in [0.1, 0.15) is 5.69 Å². The van der Waals surface area contributed by atoms with Crippen LogP contribution in [0.25, 0.3) is 0 Å². The summed E-state index contributed by atoms with van der Waals surface area (Å²) in [5.74, 6) is -1.76. The number of hydrogen-bond acceptors (Lipinski definition) is 2. The second-order valence-corrected chi connectivity index (χ2v) is 3.49. The molecule has 0 bridgehead atoms. The molecular weight excluding hydrogens is 223 g/mol. The van der Waals surface area contributed by atoms with Gasteiger partial charge in [-0.15, -0.1) is 0 Å². The standard InChI is InChI=1S/C10H10F3NO2/c1-6(9(15)16)4-7-2-3-14-8(5-7)10(11,12)13/h2-3,5-6H,4H2,1H3,(H,15,16). The quantitative estimate of drug-likeness (QED) is 0.871. The van der Waals surface area contributed by atoms with Gasteiger partial charge in [-0.3, -0.25) is 9.78 Å². The van der Waals surface area contributed by atoms with Gasteiger partial charge in [0.25, 0.3) is 0 Å². The molecule has 0 radical (unpaired) electrons. The monoisotopic (exact) mass is 233 g/mol. The lowest BCUT2D eigenvalue weighted by atomic mass is 10.0. The van der Waals surface area contributed by atoms with E-state index < -0.39 is 23.8 Å². The van der Waals surface area contributed by atoms with E-state index in [2.05, 4.69) is 4.98 Å². The van der Waals surface area contributed by atoms with Crippen LogP contribution >= 0.6 is 0 Å². The Balaban J connectivity index is 2.87. The number of aliphatic carboxylic acids is 1. The zero-order chi connectivity index (χ0) is 12.3. The number of rotatable bonds is 3. The summed E-state index contributed by atoms with van der Waals surface area (Å²) in [6, 6.07) is 2.26. The van der Waals surface area contributed by atoms with Crippen LogP contribution in [0.2, 0.25) is 0 Å². The molecule has 88 valence electrons. The Kier molecular flexibility index (Phi) is 3.51. The highest BCUT2D eigenvalue weighted by molar-refractivity contribution is 5.69. The van der Waals surface area contributed by atoms with Gasteiger partial charge in [0.15, 0.2) is 0 Å². The molecule has 0 aliphatic rings. The first kappa shape index (κ1) is 12.5. The van der Waals surface area contributed by atoms with Crippen LogP contribution in [-0.2, 0) is 17.4 Å². The van der Waals surface area contributed by atoms with Gasteiger partial charge >= 0.3 is 12.1 Å². The van der Waals surface area contributed by atoms with Crippen LogP contribution in [0, 0.1) is 5.92 Å². The summed E-state index contributed by atoms with van der Waals surface area (Å²) >= 11 is 0. The molecule has 1 heterocycles. The van der Waals surface area contributed by atoms with E-state index in [1.54, 1.807) is 0 Å². The third-order valence-electron chi connectivity index (χ3n) is 2.08. The molecule has 0 saturated heterocycles. The van der Waals surface area contributed by atoms with E-state index in [9.17, 15) is 18.0 Å². The fraction of sp³-hybridized carbons (Fsp3) is 0.400. The number of pyridine rings is 1. The van der Waals surface area contributed by atoms with Gasteiger partial charge in [-0.05, 0) is 24.1 Å². The molecule has 1 unspecified atom stereocenters. The van der Waals surface area contributed by atoms with Crippen LogP contribution in [0.5, 0.6) is 0 Å². The summed E-state index contributed by atoms with van der Waals surface area (Å²) in [6.07, 6.45) is -3.41. The molecular formula is C10H10F3NO2. The first-order chi connectivity index (χ1) is 7.30. The molecule has 6 heteroatoms. The van der Waals surface area contributed by atoms with Crippen LogP contribution < -0.4 is 0 Å². The van der Waals surface area contributed by atoms with Crippen molar-refractivity contribution in [2.45, 2.75) is 19.5 Å². The largest absolute Gasteiger partial charge is 0.481 e. The molecule has 1 N–H and O–H groups in total.